The lowest BCUT2D eigenvalue weighted by Gasteiger charge is -2.16. The van der Waals surface area contributed by atoms with Gasteiger partial charge >= 0.3 is 5.97 Å². The second kappa shape index (κ2) is 18.0. The number of esters is 1. The molecule has 0 spiro atoms. The van der Waals surface area contributed by atoms with Gasteiger partial charge in [-0.05, 0) is 32.1 Å². The molecule has 1 unspecified atom stereocenters. The van der Waals surface area contributed by atoms with Gasteiger partial charge < -0.3 is 4.74 Å². The zero-order valence-corrected chi connectivity index (χ0v) is 17.1. The molecule has 0 aliphatic carbocycles. The summed E-state index contributed by atoms with van der Waals surface area (Å²) < 4.78 is 5.16. The zero-order chi connectivity index (χ0) is 18.8. The summed E-state index contributed by atoms with van der Waals surface area (Å²) in [5, 5.41) is 0. The molecule has 0 radical (unpaired) electrons. The van der Waals surface area contributed by atoms with Gasteiger partial charge in [-0.3, -0.25) is 10.5 Å². The first kappa shape index (κ1) is 24.2. The van der Waals surface area contributed by atoms with E-state index in [0.717, 1.165) is 12.8 Å². The quantitative estimate of drug-likeness (QED) is 0.140. The molecule has 0 rings (SSSR count). The Bertz CT molecular complexity index is 326. The summed E-state index contributed by atoms with van der Waals surface area (Å²) in [4.78, 5) is 11.6. The number of carbonyl (C=O) groups is 1. The standard InChI is InChI=1S/C22H43NO2/c1-4-5-6-7-8-9-10-11-12-13-14-15-16-17-18-19-21(24)25-22(23)20(2)3/h11-12,20,22H,4-10,13-19,23H2,1-3H3/b12-11-. The Labute approximate surface area is 156 Å². The summed E-state index contributed by atoms with van der Waals surface area (Å²) in [6, 6.07) is 0. The average molecular weight is 354 g/mol. The van der Waals surface area contributed by atoms with Crippen molar-refractivity contribution >= 4 is 5.97 Å². The lowest BCUT2D eigenvalue weighted by molar-refractivity contribution is -0.151. The van der Waals surface area contributed by atoms with E-state index in [1.54, 1.807) is 0 Å². The van der Waals surface area contributed by atoms with E-state index in [1.807, 2.05) is 13.8 Å². The van der Waals surface area contributed by atoms with Gasteiger partial charge in [-0.15, -0.1) is 0 Å². The van der Waals surface area contributed by atoms with E-state index in [4.69, 9.17) is 10.5 Å². The van der Waals surface area contributed by atoms with Crippen LogP contribution in [0.2, 0.25) is 0 Å². The van der Waals surface area contributed by atoms with E-state index in [9.17, 15) is 4.79 Å². The first-order valence-corrected chi connectivity index (χ1v) is 10.7. The van der Waals surface area contributed by atoms with Gasteiger partial charge in [-0.2, -0.15) is 0 Å². The van der Waals surface area contributed by atoms with Crippen LogP contribution in [0.4, 0.5) is 0 Å². The highest BCUT2D eigenvalue weighted by molar-refractivity contribution is 5.69. The first-order valence-electron chi connectivity index (χ1n) is 10.7. The molecule has 0 aromatic carbocycles. The summed E-state index contributed by atoms with van der Waals surface area (Å²) in [7, 11) is 0. The number of hydrogen-bond acceptors (Lipinski definition) is 3. The summed E-state index contributed by atoms with van der Waals surface area (Å²) >= 11 is 0. The Morgan fingerprint density at radius 2 is 1.32 bits per heavy atom. The van der Waals surface area contributed by atoms with E-state index in [1.165, 1.54) is 70.6 Å². The maximum Gasteiger partial charge on any atom is 0.307 e. The molecule has 0 saturated carbocycles. The van der Waals surface area contributed by atoms with Crippen molar-refractivity contribution in [2.24, 2.45) is 11.7 Å². The highest BCUT2D eigenvalue weighted by Gasteiger charge is 2.12. The van der Waals surface area contributed by atoms with Gasteiger partial charge in [0, 0.05) is 12.3 Å². The summed E-state index contributed by atoms with van der Waals surface area (Å²) in [5.41, 5.74) is 5.72. The second-order valence-corrected chi connectivity index (χ2v) is 7.53. The van der Waals surface area contributed by atoms with Crippen molar-refractivity contribution in [3.05, 3.63) is 12.2 Å². The predicted octanol–water partition coefficient (Wildman–Crippen LogP) is 6.51. The number of ether oxygens (including phenoxy) is 1. The van der Waals surface area contributed by atoms with Crippen molar-refractivity contribution in [2.45, 2.75) is 117 Å². The molecule has 0 aliphatic heterocycles. The Hall–Kier alpha value is -0.830. The van der Waals surface area contributed by atoms with Crippen LogP contribution in [0.15, 0.2) is 12.2 Å². The van der Waals surface area contributed by atoms with Gasteiger partial charge in [-0.25, -0.2) is 0 Å². The third kappa shape index (κ3) is 17.8. The molecule has 0 aromatic rings. The van der Waals surface area contributed by atoms with Crippen molar-refractivity contribution in [1.82, 2.24) is 0 Å². The van der Waals surface area contributed by atoms with Gasteiger partial charge in [-0.1, -0.05) is 84.3 Å². The SMILES string of the molecule is CCCCCCCC/C=C\CCCCCCCC(=O)OC(N)C(C)C. The second-order valence-electron chi connectivity index (χ2n) is 7.53. The number of hydrogen-bond donors (Lipinski definition) is 1. The normalized spacial score (nSPS) is 12.8. The van der Waals surface area contributed by atoms with Crippen molar-refractivity contribution < 1.29 is 9.53 Å². The van der Waals surface area contributed by atoms with Gasteiger partial charge in [0.25, 0.3) is 0 Å². The smallest absolute Gasteiger partial charge is 0.307 e. The zero-order valence-electron chi connectivity index (χ0n) is 17.1. The minimum Gasteiger partial charge on any atom is -0.447 e. The fraction of sp³-hybridized carbons (Fsp3) is 0.864. The minimum atomic E-state index is -0.462. The van der Waals surface area contributed by atoms with Crippen LogP contribution < -0.4 is 5.73 Å². The summed E-state index contributed by atoms with van der Waals surface area (Å²) in [5.74, 6) is 0.0249. The molecule has 3 nitrogen and oxygen atoms in total. The highest BCUT2D eigenvalue weighted by Crippen LogP contribution is 2.11. The fourth-order valence-electron chi connectivity index (χ4n) is 2.69. The third-order valence-corrected chi connectivity index (χ3v) is 4.57. The van der Waals surface area contributed by atoms with Gasteiger partial charge in [0.2, 0.25) is 0 Å². The topological polar surface area (TPSA) is 52.3 Å². The maximum absolute atomic E-state index is 11.6. The molecule has 3 heteroatoms. The number of rotatable bonds is 17. The van der Waals surface area contributed by atoms with Crippen LogP contribution in [0, 0.1) is 5.92 Å². The van der Waals surface area contributed by atoms with Crippen molar-refractivity contribution in [2.75, 3.05) is 0 Å². The molecule has 2 N–H and O–H groups in total. The molecule has 0 amide bonds. The van der Waals surface area contributed by atoms with Crippen LogP contribution in [-0.2, 0) is 9.53 Å². The van der Waals surface area contributed by atoms with Crippen LogP contribution in [-0.4, -0.2) is 12.2 Å². The van der Waals surface area contributed by atoms with Crippen LogP contribution in [0.5, 0.6) is 0 Å². The average Bonchev–Trinajstić information content (AvgIpc) is 2.58. The molecule has 25 heavy (non-hydrogen) atoms. The third-order valence-electron chi connectivity index (χ3n) is 4.57. The molecule has 0 bridgehead atoms. The Kier molecular flexibility index (Phi) is 17.4. The van der Waals surface area contributed by atoms with Gasteiger partial charge in [0.15, 0.2) is 6.23 Å². The lowest BCUT2D eigenvalue weighted by atomic mass is 10.1. The maximum atomic E-state index is 11.6. The van der Waals surface area contributed by atoms with Crippen molar-refractivity contribution in [3.63, 3.8) is 0 Å². The van der Waals surface area contributed by atoms with Crippen LogP contribution in [0.1, 0.15) is 111 Å². The lowest BCUT2D eigenvalue weighted by Crippen LogP contribution is -2.32. The number of nitrogens with two attached hydrogens (primary N) is 1. The monoisotopic (exact) mass is 353 g/mol. The van der Waals surface area contributed by atoms with Crippen LogP contribution >= 0.6 is 0 Å². The Morgan fingerprint density at radius 1 is 0.840 bits per heavy atom. The summed E-state index contributed by atoms with van der Waals surface area (Å²) in [6.07, 6.45) is 21.2. The fourth-order valence-corrected chi connectivity index (χ4v) is 2.69. The van der Waals surface area contributed by atoms with E-state index < -0.39 is 6.23 Å². The van der Waals surface area contributed by atoms with E-state index in [-0.39, 0.29) is 11.9 Å². The molecular weight excluding hydrogens is 310 g/mol. The molecule has 0 heterocycles. The van der Waals surface area contributed by atoms with E-state index in [2.05, 4.69) is 19.1 Å². The number of unbranched alkanes of at least 4 members (excludes halogenated alkanes) is 11. The van der Waals surface area contributed by atoms with Crippen molar-refractivity contribution in [3.8, 4) is 0 Å². The van der Waals surface area contributed by atoms with Gasteiger partial charge in [0.1, 0.15) is 0 Å². The molecule has 0 saturated heterocycles. The van der Waals surface area contributed by atoms with E-state index >= 15 is 0 Å². The Morgan fingerprint density at radius 3 is 1.84 bits per heavy atom. The molecule has 0 aromatic heterocycles. The molecular formula is C22H43NO2. The molecule has 1 atom stereocenters. The minimum absolute atomic E-state index is 0.154. The van der Waals surface area contributed by atoms with Crippen molar-refractivity contribution in [1.29, 1.82) is 0 Å². The highest BCUT2D eigenvalue weighted by atomic mass is 16.6. The van der Waals surface area contributed by atoms with Crippen LogP contribution in [0.25, 0.3) is 0 Å². The van der Waals surface area contributed by atoms with Gasteiger partial charge in [0.05, 0.1) is 0 Å². The first-order chi connectivity index (χ1) is 12.1. The largest absolute Gasteiger partial charge is 0.447 e. The molecule has 148 valence electrons. The Balaban J connectivity index is 3.28. The predicted molar refractivity (Wildman–Crippen MR) is 108 cm³/mol. The number of carbonyl (C=O) groups excluding carboxylic acids is 1. The molecule has 0 aliphatic rings. The molecule has 0 fully saturated rings. The number of allylic oxidation sites excluding steroid dienone is 2. The summed E-state index contributed by atoms with van der Waals surface area (Å²) in [6.45, 7) is 6.18. The van der Waals surface area contributed by atoms with E-state index in [0.29, 0.717) is 6.42 Å². The van der Waals surface area contributed by atoms with Crippen LogP contribution in [0.3, 0.4) is 0 Å².